The molecule has 0 spiro atoms. The van der Waals surface area contributed by atoms with E-state index in [0.717, 1.165) is 0 Å². The number of anilines is 2. The van der Waals surface area contributed by atoms with E-state index in [0.29, 0.717) is 22.1 Å². The lowest BCUT2D eigenvalue weighted by Gasteiger charge is -2.02. The Kier molecular flexibility index (Phi) is 2.78. The average molecular weight is 235 g/mol. The number of nitrogens with two attached hydrogens (primary N) is 1. The summed E-state index contributed by atoms with van der Waals surface area (Å²) in [6.45, 7) is 1.73. The molecule has 0 aliphatic carbocycles. The number of amides is 1. The first-order valence-corrected chi connectivity index (χ1v) is 5.25. The smallest absolute Gasteiger partial charge is 0.253 e. The Morgan fingerprint density at radius 2 is 2.31 bits per heavy atom. The number of carbonyl (C=O) groups excluding carboxylic acids is 1. The lowest BCUT2D eigenvalue weighted by atomic mass is 10.2. The molecular formula is C9H9N5OS. The zero-order valence-electron chi connectivity index (χ0n) is 8.47. The van der Waals surface area contributed by atoms with Crippen LogP contribution < -0.4 is 11.1 Å². The molecule has 0 aliphatic rings. The summed E-state index contributed by atoms with van der Waals surface area (Å²) in [5.74, 6) is 0.0475. The highest BCUT2D eigenvalue weighted by atomic mass is 32.1. The summed E-state index contributed by atoms with van der Waals surface area (Å²) in [6.07, 6.45) is 4.68. The molecule has 0 bridgehead atoms. The third kappa shape index (κ3) is 1.98. The monoisotopic (exact) mass is 235 g/mol. The van der Waals surface area contributed by atoms with Gasteiger partial charge in [-0.3, -0.25) is 9.78 Å². The number of nitrogens with zero attached hydrogens (tertiary/aromatic N) is 3. The molecule has 7 heteroatoms. The second-order valence-corrected chi connectivity index (χ2v) is 3.83. The van der Waals surface area contributed by atoms with E-state index in [1.54, 1.807) is 25.5 Å². The van der Waals surface area contributed by atoms with Crippen molar-refractivity contribution in [3.63, 3.8) is 0 Å². The van der Waals surface area contributed by atoms with Gasteiger partial charge in [0.2, 0.25) is 0 Å². The highest BCUT2D eigenvalue weighted by molar-refractivity contribution is 7.10. The summed E-state index contributed by atoms with van der Waals surface area (Å²) in [7, 11) is 0. The zero-order valence-corrected chi connectivity index (χ0v) is 9.28. The van der Waals surface area contributed by atoms with Crippen LogP contribution in [0.15, 0.2) is 18.6 Å². The van der Waals surface area contributed by atoms with Crippen LogP contribution in [0.4, 0.5) is 10.8 Å². The molecular weight excluding hydrogens is 226 g/mol. The Balaban J connectivity index is 2.32. The molecule has 0 radical (unpaired) electrons. The minimum atomic E-state index is -0.502. The molecule has 0 atom stereocenters. The fourth-order valence-corrected chi connectivity index (χ4v) is 2.03. The zero-order chi connectivity index (χ0) is 11.5. The Morgan fingerprint density at radius 3 is 2.94 bits per heavy atom. The topological polar surface area (TPSA) is 93.8 Å². The third-order valence-electron chi connectivity index (χ3n) is 1.91. The van der Waals surface area contributed by atoms with Gasteiger partial charge in [0.1, 0.15) is 10.8 Å². The number of carbonyl (C=O) groups is 1. The molecule has 2 rings (SSSR count). The number of nitrogens with one attached hydrogen (secondary N) is 1. The highest BCUT2D eigenvalue weighted by Crippen LogP contribution is 2.26. The molecule has 2 heterocycles. The van der Waals surface area contributed by atoms with Crippen molar-refractivity contribution in [1.29, 1.82) is 0 Å². The second-order valence-electron chi connectivity index (χ2n) is 3.05. The standard InChI is InChI=1S/C9H9N5OS/c1-5-7(8(10)15)9(16-14-5)13-6-4-11-2-3-12-6/h2-4H,1H3,(H2,10,15)(H,12,13). The van der Waals surface area contributed by atoms with Crippen LogP contribution >= 0.6 is 11.5 Å². The Morgan fingerprint density at radius 1 is 1.50 bits per heavy atom. The average Bonchev–Trinajstić information content (AvgIpc) is 2.61. The molecule has 3 N–H and O–H groups in total. The first kappa shape index (κ1) is 10.5. The van der Waals surface area contributed by atoms with Gasteiger partial charge in [-0.25, -0.2) is 4.98 Å². The van der Waals surface area contributed by atoms with Gasteiger partial charge in [-0.2, -0.15) is 4.37 Å². The normalized spacial score (nSPS) is 10.1. The number of hydrogen-bond donors (Lipinski definition) is 2. The number of aromatic nitrogens is 3. The maximum Gasteiger partial charge on any atom is 0.253 e. The second kappa shape index (κ2) is 4.23. The molecule has 2 aromatic rings. The predicted molar refractivity (Wildman–Crippen MR) is 60.7 cm³/mol. The van der Waals surface area contributed by atoms with Crippen LogP contribution in [0, 0.1) is 6.92 Å². The lowest BCUT2D eigenvalue weighted by molar-refractivity contribution is 0.100. The Bertz CT molecular complexity index is 510. The maximum atomic E-state index is 11.2. The molecule has 16 heavy (non-hydrogen) atoms. The summed E-state index contributed by atoms with van der Waals surface area (Å²) in [5.41, 5.74) is 6.28. The van der Waals surface area contributed by atoms with Gasteiger partial charge in [-0.1, -0.05) is 0 Å². The highest BCUT2D eigenvalue weighted by Gasteiger charge is 2.15. The van der Waals surface area contributed by atoms with Gasteiger partial charge in [0.25, 0.3) is 5.91 Å². The van der Waals surface area contributed by atoms with Crippen molar-refractivity contribution in [3.05, 3.63) is 29.8 Å². The summed E-state index contributed by atoms with van der Waals surface area (Å²) >= 11 is 1.17. The van der Waals surface area contributed by atoms with Crippen molar-refractivity contribution in [2.24, 2.45) is 5.73 Å². The first-order valence-electron chi connectivity index (χ1n) is 4.47. The summed E-state index contributed by atoms with van der Waals surface area (Å²) < 4.78 is 4.06. The minimum absolute atomic E-state index is 0.399. The van der Waals surface area contributed by atoms with E-state index in [2.05, 4.69) is 19.7 Å². The first-order chi connectivity index (χ1) is 7.68. The predicted octanol–water partition coefficient (Wildman–Crippen LogP) is 1.08. The van der Waals surface area contributed by atoms with Crippen molar-refractivity contribution in [2.75, 3.05) is 5.32 Å². The van der Waals surface area contributed by atoms with Crippen molar-refractivity contribution >= 4 is 28.3 Å². The van der Waals surface area contributed by atoms with Crippen LogP contribution in [-0.2, 0) is 0 Å². The molecule has 2 aromatic heterocycles. The fourth-order valence-electron chi connectivity index (χ4n) is 1.23. The molecule has 0 aliphatic heterocycles. The largest absolute Gasteiger partial charge is 0.365 e. The van der Waals surface area contributed by atoms with E-state index in [1.165, 1.54) is 11.5 Å². The molecule has 0 aromatic carbocycles. The summed E-state index contributed by atoms with van der Waals surface area (Å²) in [4.78, 5) is 19.1. The van der Waals surface area contributed by atoms with Crippen LogP contribution in [0.3, 0.4) is 0 Å². The van der Waals surface area contributed by atoms with Crippen LogP contribution in [0.5, 0.6) is 0 Å². The molecule has 6 nitrogen and oxygen atoms in total. The number of hydrogen-bond acceptors (Lipinski definition) is 6. The molecule has 0 saturated heterocycles. The van der Waals surface area contributed by atoms with Gasteiger partial charge in [0.05, 0.1) is 17.5 Å². The minimum Gasteiger partial charge on any atom is -0.365 e. The number of primary amides is 1. The van der Waals surface area contributed by atoms with Crippen LogP contribution in [0.2, 0.25) is 0 Å². The molecule has 1 amide bonds. The molecule has 82 valence electrons. The van der Waals surface area contributed by atoms with E-state index in [4.69, 9.17) is 5.73 Å². The van der Waals surface area contributed by atoms with Crippen LogP contribution in [0.1, 0.15) is 16.1 Å². The fraction of sp³-hybridized carbons (Fsp3) is 0.111. The van der Waals surface area contributed by atoms with E-state index in [1.807, 2.05) is 0 Å². The molecule has 0 unspecified atom stereocenters. The van der Waals surface area contributed by atoms with Crippen molar-refractivity contribution < 1.29 is 4.79 Å². The number of rotatable bonds is 3. The van der Waals surface area contributed by atoms with Gasteiger partial charge < -0.3 is 11.1 Å². The Labute approximate surface area is 95.7 Å². The molecule has 0 saturated carbocycles. The Hall–Kier alpha value is -2.02. The summed E-state index contributed by atoms with van der Waals surface area (Å²) in [5, 5.41) is 3.54. The number of aryl methyl sites for hydroxylation is 1. The van der Waals surface area contributed by atoms with Gasteiger partial charge in [-0.05, 0) is 18.5 Å². The van der Waals surface area contributed by atoms with E-state index in [9.17, 15) is 4.79 Å². The van der Waals surface area contributed by atoms with Gasteiger partial charge in [0.15, 0.2) is 0 Å². The lowest BCUT2D eigenvalue weighted by Crippen LogP contribution is -2.13. The van der Waals surface area contributed by atoms with Gasteiger partial charge in [-0.15, -0.1) is 0 Å². The van der Waals surface area contributed by atoms with Crippen LogP contribution in [-0.4, -0.2) is 20.2 Å². The van der Waals surface area contributed by atoms with Crippen molar-refractivity contribution in [1.82, 2.24) is 14.3 Å². The van der Waals surface area contributed by atoms with Crippen molar-refractivity contribution in [2.45, 2.75) is 6.92 Å². The summed E-state index contributed by atoms with van der Waals surface area (Å²) in [6, 6.07) is 0. The van der Waals surface area contributed by atoms with E-state index < -0.39 is 5.91 Å². The van der Waals surface area contributed by atoms with Gasteiger partial charge in [0, 0.05) is 12.4 Å². The van der Waals surface area contributed by atoms with Gasteiger partial charge >= 0.3 is 0 Å². The van der Waals surface area contributed by atoms with E-state index >= 15 is 0 Å². The van der Waals surface area contributed by atoms with E-state index in [-0.39, 0.29) is 0 Å². The quantitative estimate of drug-likeness (QED) is 0.830. The van der Waals surface area contributed by atoms with Crippen molar-refractivity contribution in [3.8, 4) is 0 Å². The van der Waals surface area contributed by atoms with Crippen LogP contribution in [0.25, 0.3) is 0 Å². The molecule has 0 fully saturated rings. The SMILES string of the molecule is Cc1nsc(Nc2cnccn2)c1C(N)=O. The third-order valence-corrected chi connectivity index (χ3v) is 2.77. The maximum absolute atomic E-state index is 11.2.